The highest BCUT2D eigenvalue weighted by Crippen LogP contribution is 2.28. The van der Waals surface area contributed by atoms with Crippen molar-refractivity contribution in [3.63, 3.8) is 0 Å². The largest absolute Gasteiger partial charge is 0.495 e. The molecular weight excluding hydrogens is 446 g/mol. The molecular formula is C22H31N5O5S. The smallest absolute Gasteiger partial charge is 0.255 e. The fourth-order valence-electron chi connectivity index (χ4n) is 3.93. The summed E-state index contributed by atoms with van der Waals surface area (Å²) in [6, 6.07) is 4.49. The number of nitrogens with one attached hydrogen (secondary N) is 2. The van der Waals surface area contributed by atoms with Crippen LogP contribution in [0.2, 0.25) is 0 Å². The van der Waals surface area contributed by atoms with Gasteiger partial charge in [-0.25, -0.2) is 8.42 Å². The molecule has 0 aliphatic heterocycles. The first kappa shape index (κ1) is 24.7. The third-order valence-corrected chi connectivity index (χ3v) is 7.74. The fourth-order valence-corrected chi connectivity index (χ4v) is 5.57. The summed E-state index contributed by atoms with van der Waals surface area (Å²) in [7, 11) is -2.44. The average molecular weight is 478 g/mol. The Hall–Kier alpha value is -2.92. The summed E-state index contributed by atoms with van der Waals surface area (Å²) >= 11 is 0. The van der Waals surface area contributed by atoms with Gasteiger partial charge in [0.05, 0.1) is 19.0 Å². The average Bonchev–Trinajstić information content (AvgIpc) is 3.46. The van der Waals surface area contributed by atoms with Crippen molar-refractivity contribution in [3.05, 3.63) is 36.2 Å². The van der Waals surface area contributed by atoms with Crippen LogP contribution in [0, 0.1) is 0 Å². The number of aromatic nitrogens is 2. The lowest BCUT2D eigenvalue weighted by atomic mass is 10.2. The molecule has 1 heterocycles. The van der Waals surface area contributed by atoms with E-state index in [1.54, 1.807) is 20.0 Å². The number of anilines is 1. The molecule has 2 aromatic rings. The van der Waals surface area contributed by atoms with Crippen LogP contribution in [0.1, 0.15) is 49.9 Å². The van der Waals surface area contributed by atoms with Crippen LogP contribution in [-0.4, -0.2) is 60.6 Å². The molecule has 1 aromatic heterocycles. The monoisotopic (exact) mass is 477 g/mol. The summed E-state index contributed by atoms with van der Waals surface area (Å²) in [5.74, 6) is -0.451. The lowest BCUT2D eigenvalue weighted by Gasteiger charge is -2.20. The second-order valence-electron chi connectivity index (χ2n) is 7.88. The van der Waals surface area contributed by atoms with Gasteiger partial charge < -0.3 is 15.4 Å². The summed E-state index contributed by atoms with van der Waals surface area (Å²) in [5, 5.41) is 9.81. The molecule has 11 heteroatoms. The fraction of sp³-hybridized carbons (Fsp3) is 0.500. The Bertz CT molecular complexity index is 1090. The standard InChI is InChI=1S/C22H31N5O5S/c1-4-27(5-2)33(30,31)20-12-16(10-11-19(20)32-3)22(29)25-18-13-23-26(14-18)15-21(28)24-17-8-6-7-9-17/h10-14,17H,4-9,15H2,1-3H3,(H,24,28)(H,25,29). The van der Waals surface area contributed by atoms with Gasteiger partial charge in [-0.3, -0.25) is 14.3 Å². The molecule has 1 fully saturated rings. The number of sulfonamides is 1. The van der Waals surface area contributed by atoms with E-state index in [-0.39, 0.29) is 34.7 Å². The van der Waals surface area contributed by atoms with E-state index in [0.717, 1.165) is 25.7 Å². The zero-order chi connectivity index (χ0) is 24.0. The van der Waals surface area contributed by atoms with Gasteiger partial charge in [-0.1, -0.05) is 26.7 Å². The van der Waals surface area contributed by atoms with E-state index in [0.29, 0.717) is 18.8 Å². The van der Waals surface area contributed by atoms with E-state index in [4.69, 9.17) is 4.74 Å². The first-order chi connectivity index (χ1) is 15.8. The van der Waals surface area contributed by atoms with Crippen LogP contribution in [0.15, 0.2) is 35.5 Å². The summed E-state index contributed by atoms with van der Waals surface area (Å²) in [5.41, 5.74) is 0.561. The van der Waals surface area contributed by atoms with Gasteiger partial charge in [0.1, 0.15) is 17.2 Å². The highest BCUT2D eigenvalue weighted by atomic mass is 32.2. The molecule has 2 amide bonds. The number of hydrogen-bond donors (Lipinski definition) is 2. The Balaban J connectivity index is 1.71. The van der Waals surface area contributed by atoms with Crippen molar-refractivity contribution >= 4 is 27.5 Å². The summed E-state index contributed by atoms with van der Waals surface area (Å²) in [4.78, 5) is 24.9. The van der Waals surface area contributed by atoms with E-state index in [1.165, 1.54) is 40.5 Å². The SMILES string of the molecule is CCN(CC)S(=O)(=O)c1cc(C(=O)Nc2cnn(CC(=O)NC3CCCC3)c2)ccc1OC. The number of ether oxygens (including phenoxy) is 1. The highest BCUT2D eigenvalue weighted by Gasteiger charge is 2.27. The number of benzene rings is 1. The van der Waals surface area contributed by atoms with Gasteiger partial charge in [0.2, 0.25) is 15.9 Å². The summed E-state index contributed by atoms with van der Waals surface area (Å²) < 4.78 is 34.0. The number of nitrogens with zero attached hydrogens (tertiary/aromatic N) is 3. The number of amides is 2. The van der Waals surface area contributed by atoms with Gasteiger partial charge in [0, 0.05) is 30.9 Å². The summed E-state index contributed by atoms with van der Waals surface area (Å²) in [6.45, 7) is 4.14. The maximum Gasteiger partial charge on any atom is 0.255 e. The van der Waals surface area contributed by atoms with Gasteiger partial charge in [0.25, 0.3) is 5.91 Å². The van der Waals surface area contributed by atoms with E-state index in [2.05, 4.69) is 15.7 Å². The molecule has 0 atom stereocenters. The number of hydrogen-bond acceptors (Lipinski definition) is 6. The van der Waals surface area contributed by atoms with Gasteiger partial charge >= 0.3 is 0 Å². The summed E-state index contributed by atoms with van der Waals surface area (Å²) in [6.07, 6.45) is 7.26. The van der Waals surface area contributed by atoms with Crippen LogP contribution in [-0.2, 0) is 21.4 Å². The lowest BCUT2D eigenvalue weighted by Crippen LogP contribution is -2.35. The van der Waals surface area contributed by atoms with Crippen LogP contribution in [0.25, 0.3) is 0 Å². The molecule has 1 aromatic carbocycles. The second-order valence-corrected chi connectivity index (χ2v) is 9.79. The minimum absolute atomic E-state index is 0.0567. The third kappa shape index (κ3) is 5.91. The molecule has 0 bridgehead atoms. The molecule has 0 radical (unpaired) electrons. The van der Waals surface area contributed by atoms with Crippen molar-refractivity contribution < 1.29 is 22.7 Å². The number of methoxy groups -OCH3 is 1. The van der Waals surface area contributed by atoms with Crippen molar-refractivity contribution in [1.29, 1.82) is 0 Å². The molecule has 1 saturated carbocycles. The Morgan fingerprint density at radius 2 is 1.91 bits per heavy atom. The van der Waals surface area contributed by atoms with Crippen LogP contribution in [0.3, 0.4) is 0 Å². The Morgan fingerprint density at radius 1 is 1.21 bits per heavy atom. The topological polar surface area (TPSA) is 123 Å². The first-order valence-electron chi connectivity index (χ1n) is 11.1. The van der Waals surface area contributed by atoms with Crippen LogP contribution in [0.5, 0.6) is 5.75 Å². The molecule has 33 heavy (non-hydrogen) atoms. The van der Waals surface area contributed by atoms with Crippen LogP contribution < -0.4 is 15.4 Å². The molecule has 180 valence electrons. The number of carbonyl (C=O) groups is 2. The minimum Gasteiger partial charge on any atom is -0.495 e. The van der Waals surface area contributed by atoms with Crippen molar-refractivity contribution in [2.45, 2.75) is 57.0 Å². The van der Waals surface area contributed by atoms with E-state index in [1.807, 2.05) is 0 Å². The van der Waals surface area contributed by atoms with E-state index < -0.39 is 15.9 Å². The molecule has 1 aliphatic rings. The van der Waals surface area contributed by atoms with Crippen molar-refractivity contribution in [3.8, 4) is 5.75 Å². The lowest BCUT2D eigenvalue weighted by molar-refractivity contribution is -0.122. The number of rotatable bonds is 10. The molecule has 10 nitrogen and oxygen atoms in total. The predicted molar refractivity (Wildman–Crippen MR) is 124 cm³/mol. The minimum atomic E-state index is -3.82. The molecule has 0 saturated heterocycles. The van der Waals surface area contributed by atoms with Crippen molar-refractivity contribution in [2.24, 2.45) is 0 Å². The zero-order valence-electron chi connectivity index (χ0n) is 19.2. The molecule has 2 N–H and O–H groups in total. The maximum absolute atomic E-state index is 13.0. The quantitative estimate of drug-likeness (QED) is 0.541. The van der Waals surface area contributed by atoms with Crippen molar-refractivity contribution in [1.82, 2.24) is 19.4 Å². The molecule has 1 aliphatic carbocycles. The maximum atomic E-state index is 13.0. The molecule has 0 unspecified atom stereocenters. The Morgan fingerprint density at radius 3 is 2.55 bits per heavy atom. The van der Waals surface area contributed by atoms with Crippen LogP contribution in [0.4, 0.5) is 5.69 Å². The second kappa shape index (κ2) is 10.8. The van der Waals surface area contributed by atoms with Gasteiger partial charge in [0.15, 0.2) is 0 Å². The van der Waals surface area contributed by atoms with Crippen molar-refractivity contribution in [2.75, 3.05) is 25.5 Å². The number of carbonyl (C=O) groups excluding carboxylic acids is 2. The molecule has 0 spiro atoms. The predicted octanol–water partition coefficient (Wildman–Crippen LogP) is 2.23. The van der Waals surface area contributed by atoms with Crippen LogP contribution >= 0.6 is 0 Å². The normalized spacial score (nSPS) is 14.4. The van der Waals surface area contributed by atoms with Gasteiger partial charge in [-0.2, -0.15) is 9.40 Å². The van der Waals surface area contributed by atoms with Gasteiger partial charge in [-0.15, -0.1) is 0 Å². The molecule has 3 rings (SSSR count). The zero-order valence-corrected chi connectivity index (χ0v) is 20.0. The first-order valence-corrected chi connectivity index (χ1v) is 12.5. The van der Waals surface area contributed by atoms with E-state index in [9.17, 15) is 18.0 Å². The Kier molecular flexibility index (Phi) is 8.09. The van der Waals surface area contributed by atoms with E-state index >= 15 is 0 Å². The third-order valence-electron chi connectivity index (χ3n) is 5.67. The van der Waals surface area contributed by atoms with Gasteiger partial charge in [-0.05, 0) is 31.0 Å². The highest BCUT2D eigenvalue weighted by molar-refractivity contribution is 7.89. The Labute approximate surface area is 194 Å².